The number of thioether (sulfide) groups is 1. The van der Waals surface area contributed by atoms with E-state index in [9.17, 15) is 14.7 Å². The van der Waals surface area contributed by atoms with Crippen LogP contribution >= 0.6 is 11.8 Å². The second-order valence-corrected chi connectivity index (χ2v) is 5.89. The summed E-state index contributed by atoms with van der Waals surface area (Å²) in [6.45, 7) is 0. The molecule has 0 spiro atoms. The van der Waals surface area contributed by atoms with Crippen molar-refractivity contribution in [2.24, 2.45) is 7.05 Å². The molecule has 1 aromatic carbocycles. The molecule has 0 saturated heterocycles. The molecule has 6 nitrogen and oxygen atoms in total. The number of amides is 1. The van der Waals surface area contributed by atoms with Gasteiger partial charge >= 0.3 is 0 Å². The highest BCUT2D eigenvalue weighted by molar-refractivity contribution is 7.98. The molecule has 1 amide bonds. The van der Waals surface area contributed by atoms with Gasteiger partial charge in [0, 0.05) is 19.4 Å². The zero-order valence-electron chi connectivity index (χ0n) is 12.2. The predicted octanol–water partition coefficient (Wildman–Crippen LogP) is 1.68. The van der Waals surface area contributed by atoms with Crippen molar-refractivity contribution in [2.75, 3.05) is 11.6 Å². The number of carbonyl (C=O) groups is 1. The Hall–Kier alpha value is -2.28. The molecule has 0 saturated carbocycles. The van der Waals surface area contributed by atoms with Crippen LogP contribution in [0.2, 0.25) is 0 Å². The topological polar surface area (TPSA) is 84.2 Å². The molecule has 2 N–H and O–H groups in total. The van der Waals surface area contributed by atoms with Crippen LogP contribution in [0, 0.1) is 0 Å². The third-order valence-corrected chi connectivity index (χ3v) is 4.51. The zero-order chi connectivity index (χ0) is 15.9. The fraction of sp³-hybridized carbons (Fsp3) is 0.267. The molecule has 0 fully saturated rings. The van der Waals surface area contributed by atoms with Gasteiger partial charge in [-0.25, -0.2) is 0 Å². The van der Waals surface area contributed by atoms with Crippen LogP contribution in [0.4, 0.5) is 5.82 Å². The van der Waals surface area contributed by atoms with Gasteiger partial charge < -0.3 is 15.0 Å². The van der Waals surface area contributed by atoms with Crippen LogP contribution in [0.1, 0.15) is 23.5 Å². The highest BCUT2D eigenvalue weighted by Gasteiger charge is 2.31. The van der Waals surface area contributed by atoms with E-state index in [1.807, 2.05) is 6.26 Å². The van der Waals surface area contributed by atoms with Crippen molar-refractivity contribution in [3.05, 3.63) is 45.7 Å². The Bertz CT molecular complexity index is 799. The summed E-state index contributed by atoms with van der Waals surface area (Å²) in [6.07, 6.45) is 2.02. The van der Waals surface area contributed by atoms with Crippen LogP contribution in [0.5, 0.6) is 5.75 Å². The quantitative estimate of drug-likeness (QED) is 0.650. The van der Waals surface area contributed by atoms with Crippen molar-refractivity contribution >= 4 is 23.5 Å². The summed E-state index contributed by atoms with van der Waals surface area (Å²) in [6, 6.07) is 6.56. The van der Waals surface area contributed by atoms with E-state index in [0.717, 1.165) is 5.56 Å². The molecule has 3 rings (SSSR count). The Kier molecular flexibility index (Phi) is 3.66. The van der Waals surface area contributed by atoms with Gasteiger partial charge in [-0.05, 0) is 24.0 Å². The summed E-state index contributed by atoms with van der Waals surface area (Å²) in [5.41, 5.74) is 0.978. The normalized spacial score (nSPS) is 17.0. The Labute approximate surface area is 131 Å². The third-order valence-electron chi connectivity index (χ3n) is 3.78. The first-order valence-electron chi connectivity index (χ1n) is 6.75. The van der Waals surface area contributed by atoms with Gasteiger partial charge in [0.1, 0.15) is 11.6 Å². The fourth-order valence-corrected chi connectivity index (χ4v) is 3.25. The molecule has 114 valence electrons. The molecule has 1 aliphatic heterocycles. The molecule has 2 heterocycles. The molecular formula is C15H15N3O3S. The average molecular weight is 317 g/mol. The maximum Gasteiger partial charge on any atom is 0.279 e. The number of nitrogens with zero attached hydrogens (tertiary/aromatic N) is 2. The molecule has 0 bridgehead atoms. The molecule has 1 aliphatic rings. The lowest BCUT2D eigenvalue weighted by Crippen LogP contribution is -2.33. The maximum absolute atomic E-state index is 12.4. The van der Waals surface area contributed by atoms with E-state index in [4.69, 9.17) is 0 Å². The van der Waals surface area contributed by atoms with E-state index in [2.05, 4.69) is 10.3 Å². The van der Waals surface area contributed by atoms with E-state index in [-0.39, 0.29) is 29.6 Å². The molecular weight excluding hydrogens is 302 g/mol. The molecule has 1 atom stereocenters. The van der Waals surface area contributed by atoms with Crippen LogP contribution in [0.15, 0.2) is 34.2 Å². The lowest BCUT2D eigenvalue weighted by atomic mass is 9.87. The van der Waals surface area contributed by atoms with Crippen molar-refractivity contribution in [1.29, 1.82) is 0 Å². The third kappa shape index (κ3) is 2.37. The van der Waals surface area contributed by atoms with Gasteiger partial charge in [0.25, 0.3) is 5.56 Å². The lowest BCUT2D eigenvalue weighted by Gasteiger charge is -2.27. The van der Waals surface area contributed by atoms with E-state index in [1.54, 1.807) is 35.9 Å². The van der Waals surface area contributed by atoms with Crippen LogP contribution in [-0.4, -0.2) is 26.8 Å². The van der Waals surface area contributed by atoms with E-state index < -0.39 is 0 Å². The van der Waals surface area contributed by atoms with Crippen LogP contribution in [-0.2, 0) is 11.8 Å². The summed E-state index contributed by atoms with van der Waals surface area (Å²) >= 11 is 1.35. The first kappa shape index (κ1) is 14.6. The summed E-state index contributed by atoms with van der Waals surface area (Å²) in [4.78, 5) is 28.5. The van der Waals surface area contributed by atoms with Crippen molar-refractivity contribution in [3.63, 3.8) is 0 Å². The molecule has 0 unspecified atom stereocenters. The fourth-order valence-electron chi connectivity index (χ4n) is 2.71. The van der Waals surface area contributed by atoms with Crippen LogP contribution < -0.4 is 10.9 Å². The standard InChI is InChI=1S/C15H15N3O3S/c1-18-13-12(14(21)17-15(18)22-2)10(7-11(20)16-13)8-3-5-9(19)6-4-8/h3-6,10,19H,7H2,1-2H3,(H,16,20)/t10-/m0/s1. The highest BCUT2D eigenvalue weighted by atomic mass is 32.2. The van der Waals surface area contributed by atoms with Crippen molar-refractivity contribution in [2.45, 2.75) is 17.5 Å². The molecule has 22 heavy (non-hydrogen) atoms. The number of carbonyl (C=O) groups excluding carboxylic acids is 1. The lowest BCUT2D eigenvalue weighted by molar-refractivity contribution is -0.116. The molecule has 7 heteroatoms. The second kappa shape index (κ2) is 5.49. The largest absolute Gasteiger partial charge is 0.508 e. The SMILES string of the molecule is CSc1nc(=O)c2c(n1C)NC(=O)C[C@H]2c1ccc(O)cc1. The average Bonchev–Trinajstić information content (AvgIpc) is 2.50. The number of hydrogen-bond acceptors (Lipinski definition) is 5. The van der Waals surface area contributed by atoms with Gasteiger partial charge in [-0.2, -0.15) is 4.98 Å². The number of fused-ring (bicyclic) bond motifs is 1. The first-order valence-corrected chi connectivity index (χ1v) is 7.97. The molecule has 1 aromatic heterocycles. The summed E-state index contributed by atoms with van der Waals surface area (Å²) in [5, 5.41) is 12.7. The van der Waals surface area contributed by atoms with Gasteiger partial charge in [0.05, 0.1) is 5.56 Å². The Morgan fingerprint density at radius 3 is 2.64 bits per heavy atom. The maximum atomic E-state index is 12.4. The van der Waals surface area contributed by atoms with Crippen molar-refractivity contribution in [3.8, 4) is 5.75 Å². The minimum Gasteiger partial charge on any atom is -0.508 e. The van der Waals surface area contributed by atoms with Gasteiger partial charge in [0.15, 0.2) is 5.16 Å². The number of rotatable bonds is 2. The van der Waals surface area contributed by atoms with E-state index in [1.165, 1.54) is 11.8 Å². The number of phenolic OH excluding ortho intramolecular Hbond substituents is 1. The van der Waals surface area contributed by atoms with Crippen molar-refractivity contribution in [1.82, 2.24) is 9.55 Å². The second-order valence-electron chi connectivity index (χ2n) is 5.12. The number of aromatic hydroxyl groups is 1. The number of aromatic nitrogens is 2. The van der Waals surface area contributed by atoms with Gasteiger partial charge in [-0.15, -0.1) is 0 Å². The molecule has 0 aliphatic carbocycles. The number of phenols is 1. The van der Waals surface area contributed by atoms with Gasteiger partial charge in [-0.1, -0.05) is 23.9 Å². The summed E-state index contributed by atoms with van der Waals surface area (Å²) in [7, 11) is 1.77. The van der Waals surface area contributed by atoms with Gasteiger partial charge in [0.2, 0.25) is 5.91 Å². The van der Waals surface area contributed by atoms with Crippen molar-refractivity contribution < 1.29 is 9.90 Å². The number of hydrogen-bond donors (Lipinski definition) is 2. The summed E-state index contributed by atoms with van der Waals surface area (Å²) < 4.78 is 1.73. The van der Waals surface area contributed by atoms with Crippen LogP contribution in [0.3, 0.4) is 0 Å². The Balaban J connectivity index is 2.21. The number of anilines is 1. The van der Waals surface area contributed by atoms with E-state index >= 15 is 0 Å². The monoisotopic (exact) mass is 317 g/mol. The Morgan fingerprint density at radius 1 is 1.32 bits per heavy atom. The minimum atomic E-state index is -0.355. The van der Waals surface area contributed by atoms with Crippen LogP contribution in [0.25, 0.3) is 0 Å². The number of nitrogens with one attached hydrogen (secondary N) is 1. The molecule has 2 aromatic rings. The van der Waals surface area contributed by atoms with E-state index in [0.29, 0.717) is 16.5 Å². The Morgan fingerprint density at radius 2 is 2.00 bits per heavy atom. The highest BCUT2D eigenvalue weighted by Crippen LogP contribution is 2.35. The predicted molar refractivity (Wildman–Crippen MR) is 84.5 cm³/mol. The van der Waals surface area contributed by atoms with Gasteiger partial charge in [-0.3, -0.25) is 9.59 Å². The zero-order valence-corrected chi connectivity index (χ0v) is 13.0. The smallest absolute Gasteiger partial charge is 0.279 e. The number of benzene rings is 1. The summed E-state index contributed by atoms with van der Waals surface area (Å²) in [5.74, 6) is 0.150. The molecule has 0 radical (unpaired) electrons. The first-order chi connectivity index (χ1) is 10.5. The minimum absolute atomic E-state index is 0.140.